The first-order chi connectivity index (χ1) is 12.6. The highest BCUT2D eigenvalue weighted by Gasteiger charge is 2.12. The SMILES string of the molecule is CCOC(=O)c1cnc(N/N=C\c2ccc(N(CC)CC)cc2)nc1C. The van der Waals surface area contributed by atoms with Gasteiger partial charge in [0.25, 0.3) is 0 Å². The third kappa shape index (κ3) is 5.02. The molecule has 0 radical (unpaired) electrons. The van der Waals surface area contributed by atoms with Crippen LogP contribution in [0, 0.1) is 6.92 Å². The molecule has 0 saturated heterocycles. The largest absolute Gasteiger partial charge is 0.462 e. The van der Waals surface area contributed by atoms with E-state index in [2.05, 4.69) is 51.4 Å². The van der Waals surface area contributed by atoms with E-state index in [-0.39, 0.29) is 0 Å². The Morgan fingerprint density at radius 1 is 1.23 bits per heavy atom. The molecule has 7 nitrogen and oxygen atoms in total. The second-order valence-corrected chi connectivity index (χ2v) is 5.55. The molecule has 0 aliphatic heterocycles. The number of hydrazone groups is 1. The molecule has 138 valence electrons. The number of nitrogens with zero attached hydrogens (tertiary/aromatic N) is 4. The molecule has 2 rings (SSSR count). The van der Waals surface area contributed by atoms with E-state index in [0.29, 0.717) is 23.8 Å². The van der Waals surface area contributed by atoms with Crippen LogP contribution in [0.25, 0.3) is 0 Å². The molecule has 26 heavy (non-hydrogen) atoms. The van der Waals surface area contributed by atoms with Crippen LogP contribution in [-0.4, -0.2) is 41.8 Å². The predicted molar refractivity (Wildman–Crippen MR) is 104 cm³/mol. The Morgan fingerprint density at radius 2 is 1.92 bits per heavy atom. The van der Waals surface area contributed by atoms with Crippen molar-refractivity contribution in [2.24, 2.45) is 5.10 Å². The first-order valence-corrected chi connectivity index (χ1v) is 8.73. The van der Waals surface area contributed by atoms with E-state index in [9.17, 15) is 4.79 Å². The van der Waals surface area contributed by atoms with Gasteiger partial charge in [-0.3, -0.25) is 0 Å². The van der Waals surface area contributed by atoms with Gasteiger partial charge in [-0.05, 0) is 45.4 Å². The summed E-state index contributed by atoms with van der Waals surface area (Å²) in [5.41, 5.74) is 5.83. The number of benzene rings is 1. The standard InChI is InChI=1S/C19H25N5O2/c1-5-24(6-2)16-10-8-15(9-11-16)12-21-23-19-20-13-17(14(4)22-19)18(25)26-7-3/h8-13H,5-7H2,1-4H3,(H,20,22,23)/b21-12-. The molecule has 0 atom stereocenters. The molecule has 1 N–H and O–H groups in total. The molecule has 1 aromatic heterocycles. The van der Waals surface area contributed by atoms with Crippen LogP contribution in [0.1, 0.15) is 42.4 Å². The third-order valence-electron chi connectivity index (χ3n) is 3.87. The number of nitrogens with one attached hydrogen (secondary N) is 1. The highest BCUT2D eigenvalue weighted by Crippen LogP contribution is 2.14. The quantitative estimate of drug-likeness (QED) is 0.445. The van der Waals surface area contributed by atoms with E-state index < -0.39 is 5.97 Å². The Kier molecular flexibility index (Phi) is 7.08. The van der Waals surface area contributed by atoms with Crippen molar-refractivity contribution in [3.63, 3.8) is 0 Å². The molecule has 0 saturated carbocycles. The fourth-order valence-electron chi connectivity index (χ4n) is 2.45. The van der Waals surface area contributed by atoms with Gasteiger partial charge < -0.3 is 9.64 Å². The summed E-state index contributed by atoms with van der Waals surface area (Å²) in [6, 6.07) is 8.16. The number of esters is 1. The van der Waals surface area contributed by atoms with Crippen molar-refractivity contribution < 1.29 is 9.53 Å². The lowest BCUT2D eigenvalue weighted by Gasteiger charge is -2.20. The summed E-state index contributed by atoms with van der Waals surface area (Å²) in [7, 11) is 0. The summed E-state index contributed by atoms with van der Waals surface area (Å²) in [5.74, 6) is -0.0973. The van der Waals surface area contributed by atoms with Gasteiger partial charge in [0.05, 0.1) is 24.1 Å². The van der Waals surface area contributed by atoms with Crippen molar-refractivity contribution >= 4 is 23.8 Å². The fraction of sp³-hybridized carbons (Fsp3) is 0.368. The van der Waals surface area contributed by atoms with Gasteiger partial charge in [-0.2, -0.15) is 5.10 Å². The Bertz CT molecular complexity index is 755. The van der Waals surface area contributed by atoms with E-state index in [1.807, 2.05) is 12.1 Å². The molecule has 0 aliphatic rings. The summed E-state index contributed by atoms with van der Waals surface area (Å²) >= 11 is 0. The van der Waals surface area contributed by atoms with E-state index in [4.69, 9.17) is 4.74 Å². The Balaban J connectivity index is 2.00. The van der Waals surface area contributed by atoms with Crippen molar-refractivity contribution in [2.45, 2.75) is 27.7 Å². The number of carbonyl (C=O) groups excluding carboxylic acids is 1. The number of rotatable bonds is 8. The van der Waals surface area contributed by atoms with Gasteiger partial charge in [0.2, 0.25) is 5.95 Å². The van der Waals surface area contributed by atoms with Gasteiger partial charge in [-0.25, -0.2) is 20.2 Å². The first kappa shape index (κ1) is 19.4. The number of ether oxygens (including phenoxy) is 1. The summed E-state index contributed by atoms with van der Waals surface area (Å²) in [5, 5.41) is 4.15. The molecule has 0 spiro atoms. The molecule has 2 aromatic rings. The first-order valence-electron chi connectivity index (χ1n) is 8.73. The second kappa shape index (κ2) is 9.50. The monoisotopic (exact) mass is 355 g/mol. The number of anilines is 2. The van der Waals surface area contributed by atoms with Gasteiger partial charge >= 0.3 is 5.97 Å². The van der Waals surface area contributed by atoms with Crippen molar-refractivity contribution in [3.05, 3.63) is 47.3 Å². The van der Waals surface area contributed by atoms with Crippen molar-refractivity contribution in [1.82, 2.24) is 9.97 Å². The van der Waals surface area contributed by atoms with Crippen molar-refractivity contribution in [1.29, 1.82) is 0 Å². The zero-order valence-electron chi connectivity index (χ0n) is 15.7. The molecule has 0 bridgehead atoms. The predicted octanol–water partition coefficient (Wildman–Crippen LogP) is 3.25. The minimum Gasteiger partial charge on any atom is -0.462 e. The number of aryl methyl sites for hydroxylation is 1. The number of aromatic nitrogens is 2. The molecule has 0 aliphatic carbocycles. The number of hydrogen-bond acceptors (Lipinski definition) is 7. The molecular weight excluding hydrogens is 330 g/mol. The van der Waals surface area contributed by atoms with Gasteiger partial charge in [-0.15, -0.1) is 0 Å². The highest BCUT2D eigenvalue weighted by atomic mass is 16.5. The lowest BCUT2D eigenvalue weighted by atomic mass is 10.2. The van der Waals surface area contributed by atoms with Gasteiger partial charge in [0, 0.05) is 25.0 Å². The maximum atomic E-state index is 11.7. The van der Waals surface area contributed by atoms with Crippen LogP contribution in [0.4, 0.5) is 11.6 Å². The molecule has 0 fully saturated rings. The molecule has 1 aromatic carbocycles. The Hall–Kier alpha value is -2.96. The molecule has 1 heterocycles. The van der Waals surface area contributed by atoms with Crippen LogP contribution in [0.3, 0.4) is 0 Å². The minimum atomic E-state index is -0.423. The van der Waals surface area contributed by atoms with E-state index in [1.54, 1.807) is 20.1 Å². The summed E-state index contributed by atoms with van der Waals surface area (Å²) < 4.78 is 4.96. The second-order valence-electron chi connectivity index (χ2n) is 5.55. The lowest BCUT2D eigenvalue weighted by molar-refractivity contribution is 0.0524. The molecule has 0 unspecified atom stereocenters. The number of hydrogen-bond donors (Lipinski definition) is 1. The zero-order valence-corrected chi connectivity index (χ0v) is 15.7. The third-order valence-corrected chi connectivity index (χ3v) is 3.87. The lowest BCUT2D eigenvalue weighted by Crippen LogP contribution is -2.21. The normalized spacial score (nSPS) is 10.8. The van der Waals surface area contributed by atoms with E-state index in [0.717, 1.165) is 18.7 Å². The van der Waals surface area contributed by atoms with Crippen LogP contribution < -0.4 is 10.3 Å². The van der Waals surface area contributed by atoms with Gasteiger partial charge in [0.15, 0.2) is 0 Å². The number of carbonyl (C=O) groups is 1. The van der Waals surface area contributed by atoms with Crippen molar-refractivity contribution in [2.75, 3.05) is 30.0 Å². The Morgan fingerprint density at radius 3 is 2.50 bits per heavy atom. The molecule has 0 amide bonds. The van der Waals surface area contributed by atoms with Crippen molar-refractivity contribution in [3.8, 4) is 0 Å². The minimum absolute atomic E-state index is 0.315. The van der Waals surface area contributed by atoms with Crippen LogP contribution in [0.5, 0.6) is 0 Å². The summed E-state index contributed by atoms with van der Waals surface area (Å²) in [4.78, 5) is 22.3. The molecule has 7 heteroatoms. The van der Waals surface area contributed by atoms with Gasteiger partial charge in [-0.1, -0.05) is 12.1 Å². The van der Waals surface area contributed by atoms with E-state index in [1.165, 1.54) is 11.9 Å². The summed E-state index contributed by atoms with van der Waals surface area (Å²) in [6.45, 7) is 10.0. The zero-order chi connectivity index (χ0) is 18.9. The maximum Gasteiger partial charge on any atom is 0.341 e. The maximum absolute atomic E-state index is 11.7. The van der Waals surface area contributed by atoms with Crippen LogP contribution in [-0.2, 0) is 4.74 Å². The smallest absolute Gasteiger partial charge is 0.341 e. The summed E-state index contributed by atoms with van der Waals surface area (Å²) in [6.07, 6.45) is 3.14. The Labute approximate surface area is 154 Å². The van der Waals surface area contributed by atoms with Crippen LogP contribution in [0.2, 0.25) is 0 Å². The van der Waals surface area contributed by atoms with Gasteiger partial charge in [0.1, 0.15) is 0 Å². The topological polar surface area (TPSA) is 79.7 Å². The molecular formula is C19H25N5O2. The average Bonchev–Trinajstić information content (AvgIpc) is 2.64. The highest BCUT2D eigenvalue weighted by molar-refractivity contribution is 5.90. The fourth-order valence-corrected chi connectivity index (χ4v) is 2.45. The van der Waals surface area contributed by atoms with Crippen LogP contribution >= 0.6 is 0 Å². The average molecular weight is 355 g/mol. The van der Waals surface area contributed by atoms with Crippen LogP contribution in [0.15, 0.2) is 35.6 Å². The van der Waals surface area contributed by atoms with E-state index >= 15 is 0 Å².